The second-order valence-electron chi connectivity index (χ2n) is 5.75. The molecule has 3 aliphatic rings. The molecule has 3 rings (SSSR count). The molecule has 5 nitrogen and oxygen atoms in total. The first-order chi connectivity index (χ1) is 7.44. The molecule has 3 fully saturated rings. The Bertz CT molecular complexity index is 310. The average molecular weight is 228 g/mol. The lowest BCUT2D eigenvalue weighted by Gasteiger charge is -2.32. The molecule has 0 aromatic carbocycles. The fraction of sp³-hybridized carbons (Fsp3) is 1.00. The van der Waals surface area contributed by atoms with E-state index in [0.29, 0.717) is 6.42 Å². The predicted molar refractivity (Wildman–Crippen MR) is 56.2 cm³/mol. The van der Waals surface area contributed by atoms with E-state index in [4.69, 9.17) is 4.84 Å². The number of nitrogens with zero attached hydrogens (tertiary/aromatic N) is 2. The molecule has 92 valence electrons. The lowest BCUT2D eigenvalue weighted by molar-refractivity contribution is -0.300. The van der Waals surface area contributed by atoms with E-state index in [1.807, 2.05) is 12.0 Å². The molecule has 16 heavy (non-hydrogen) atoms. The van der Waals surface area contributed by atoms with Gasteiger partial charge in [-0.25, -0.2) is 0 Å². The van der Waals surface area contributed by atoms with Crippen molar-refractivity contribution in [2.45, 2.75) is 69.5 Å². The molecular weight excluding hydrogens is 208 g/mol. The van der Waals surface area contributed by atoms with Gasteiger partial charge in [-0.05, 0) is 26.7 Å². The highest BCUT2D eigenvalue weighted by molar-refractivity contribution is 5.04. The molecule has 0 aromatic rings. The normalized spacial score (nSPS) is 54.0. The van der Waals surface area contributed by atoms with Crippen molar-refractivity contribution in [1.82, 2.24) is 10.1 Å². The number of hydroxylamine groups is 4. The Morgan fingerprint density at radius 3 is 2.50 bits per heavy atom. The monoisotopic (exact) mass is 228 g/mol. The molecule has 0 radical (unpaired) electrons. The van der Waals surface area contributed by atoms with Gasteiger partial charge in [0.2, 0.25) is 0 Å². The Morgan fingerprint density at radius 1 is 1.19 bits per heavy atom. The third kappa shape index (κ3) is 1.29. The van der Waals surface area contributed by atoms with Crippen LogP contribution in [0.3, 0.4) is 0 Å². The molecule has 2 aliphatic heterocycles. The van der Waals surface area contributed by atoms with Crippen LogP contribution in [0.5, 0.6) is 0 Å². The lowest BCUT2D eigenvalue weighted by atomic mass is 9.91. The Morgan fingerprint density at radius 2 is 1.81 bits per heavy atom. The fourth-order valence-electron chi connectivity index (χ4n) is 3.66. The number of hydrogen-bond donors (Lipinski definition) is 2. The van der Waals surface area contributed by atoms with Gasteiger partial charge in [0.15, 0.2) is 5.79 Å². The highest BCUT2D eigenvalue weighted by Crippen LogP contribution is 2.49. The number of rotatable bonds is 0. The van der Waals surface area contributed by atoms with Crippen LogP contribution in [0, 0.1) is 0 Å². The minimum Gasteiger partial charge on any atom is -0.364 e. The van der Waals surface area contributed by atoms with Gasteiger partial charge in [-0.3, -0.25) is 4.84 Å². The van der Waals surface area contributed by atoms with E-state index >= 15 is 0 Å². The van der Waals surface area contributed by atoms with E-state index in [-0.39, 0.29) is 12.1 Å². The van der Waals surface area contributed by atoms with E-state index in [1.54, 1.807) is 6.92 Å². The Labute approximate surface area is 95.5 Å². The van der Waals surface area contributed by atoms with Crippen LogP contribution in [0.2, 0.25) is 0 Å². The number of fused-ring (bicyclic) bond motifs is 3. The second-order valence-corrected chi connectivity index (χ2v) is 5.75. The van der Waals surface area contributed by atoms with E-state index < -0.39 is 11.4 Å². The van der Waals surface area contributed by atoms with Crippen molar-refractivity contribution >= 4 is 0 Å². The number of aliphatic hydroxyl groups is 1. The van der Waals surface area contributed by atoms with Crippen molar-refractivity contribution in [2.75, 3.05) is 0 Å². The summed E-state index contributed by atoms with van der Waals surface area (Å²) in [7, 11) is 0. The van der Waals surface area contributed by atoms with Gasteiger partial charge >= 0.3 is 0 Å². The van der Waals surface area contributed by atoms with Crippen LogP contribution in [0.4, 0.5) is 0 Å². The standard InChI is InChI=1S/C11H20N2O3/c1-10-7-11(2,14)16-13(10)9-6-4-3-5-8(9)12(10)15/h8-9,14-15H,3-7H2,1-2H3/t8-,9-,10+,11-/m0/s1. The van der Waals surface area contributed by atoms with Crippen molar-refractivity contribution in [1.29, 1.82) is 0 Å². The molecule has 0 spiro atoms. The predicted octanol–water partition coefficient (Wildman–Crippen LogP) is 1.06. The maximum atomic E-state index is 10.3. The molecule has 1 aliphatic carbocycles. The smallest absolute Gasteiger partial charge is 0.185 e. The van der Waals surface area contributed by atoms with Crippen molar-refractivity contribution in [2.24, 2.45) is 0 Å². The van der Waals surface area contributed by atoms with Crippen molar-refractivity contribution in [3.63, 3.8) is 0 Å². The van der Waals surface area contributed by atoms with Gasteiger partial charge in [0.1, 0.15) is 5.66 Å². The van der Waals surface area contributed by atoms with Gasteiger partial charge in [0.25, 0.3) is 0 Å². The number of hydrogen-bond acceptors (Lipinski definition) is 5. The zero-order valence-corrected chi connectivity index (χ0v) is 9.89. The highest BCUT2D eigenvalue weighted by Gasteiger charge is 2.63. The molecule has 2 heterocycles. The fourth-order valence-corrected chi connectivity index (χ4v) is 3.66. The van der Waals surface area contributed by atoms with Crippen molar-refractivity contribution in [3.05, 3.63) is 0 Å². The summed E-state index contributed by atoms with van der Waals surface area (Å²) >= 11 is 0. The Kier molecular flexibility index (Phi) is 2.17. The van der Waals surface area contributed by atoms with Crippen LogP contribution in [-0.2, 0) is 4.84 Å². The van der Waals surface area contributed by atoms with Gasteiger partial charge in [-0.1, -0.05) is 12.8 Å². The first-order valence-electron chi connectivity index (χ1n) is 6.13. The van der Waals surface area contributed by atoms with Crippen molar-refractivity contribution < 1.29 is 15.2 Å². The summed E-state index contributed by atoms with van der Waals surface area (Å²) in [6, 6.07) is 0.382. The van der Waals surface area contributed by atoms with Crippen LogP contribution >= 0.6 is 0 Å². The maximum absolute atomic E-state index is 10.3. The molecule has 0 bridgehead atoms. The van der Waals surface area contributed by atoms with Crippen LogP contribution in [-0.4, -0.2) is 44.0 Å². The maximum Gasteiger partial charge on any atom is 0.185 e. The second kappa shape index (κ2) is 3.17. The van der Waals surface area contributed by atoms with Gasteiger partial charge in [-0.2, -0.15) is 10.1 Å². The highest BCUT2D eigenvalue weighted by atomic mass is 16.8. The molecule has 0 aromatic heterocycles. The zero-order chi connectivity index (χ0) is 11.6. The Balaban J connectivity index is 1.93. The Hall–Kier alpha value is -0.200. The molecule has 5 heteroatoms. The largest absolute Gasteiger partial charge is 0.364 e. The topological polar surface area (TPSA) is 56.2 Å². The molecule has 0 amide bonds. The molecule has 2 N–H and O–H groups in total. The summed E-state index contributed by atoms with van der Waals surface area (Å²) in [5.74, 6) is -1.15. The van der Waals surface area contributed by atoms with E-state index in [0.717, 1.165) is 12.8 Å². The molecule has 2 saturated heterocycles. The minimum absolute atomic E-state index is 0.162. The van der Waals surface area contributed by atoms with Crippen LogP contribution in [0.25, 0.3) is 0 Å². The van der Waals surface area contributed by atoms with Crippen LogP contribution in [0.1, 0.15) is 46.0 Å². The first kappa shape index (κ1) is 10.9. The summed E-state index contributed by atoms with van der Waals surface area (Å²) < 4.78 is 0. The summed E-state index contributed by atoms with van der Waals surface area (Å²) in [4.78, 5) is 5.60. The SMILES string of the molecule is C[C@]12C[C@@](C)(O)ON1[C@H]1CCCC[C@@H]1N2O. The van der Waals surface area contributed by atoms with E-state index in [1.165, 1.54) is 17.9 Å². The zero-order valence-electron chi connectivity index (χ0n) is 9.89. The summed E-state index contributed by atoms with van der Waals surface area (Å²) in [6.07, 6.45) is 4.81. The minimum atomic E-state index is -1.15. The summed E-state index contributed by atoms with van der Waals surface area (Å²) in [6.45, 7) is 3.59. The first-order valence-corrected chi connectivity index (χ1v) is 6.13. The summed E-state index contributed by atoms with van der Waals surface area (Å²) in [5.41, 5.74) is -0.566. The molecule has 0 unspecified atom stereocenters. The molecule has 1 saturated carbocycles. The van der Waals surface area contributed by atoms with Gasteiger partial charge < -0.3 is 10.3 Å². The average Bonchev–Trinajstić information content (AvgIpc) is 2.57. The van der Waals surface area contributed by atoms with Crippen molar-refractivity contribution in [3.8, 4) is 0 Å². The quantitative estimate of drug-likeness (QED) is 0.649. The third-order valence-electron chi connectivity index (χ3n) is 4.24. The lowest BCUT2D eigenvalue weighted by Crippen LogP contribution is -2.47. The van der Waals surface area contributed by atoms with Crippen LogP contribution in [0.15, 0.2) is 0 Å². The van der Waals surface area contributed by atoms with Crippen LogP contribution < -0.4 is 0 Å². The molecular formula is C11H20N2O3. The van der Waals surface area contributed by atoms with Gasteiger partial charge in [0, 0.05) is 6.42 Å². The summed E-state index contributed by atoms with van der Waals surface area (Å²) in [5, 5.41) is 23.5. The van der Waals surface area contributed by atoms with E-state index in [9.17, 15) is 10.3 Å². The third-order valence-corrected chi connectivity index (χ3v) is 4.24. The molecule has 4 atom stereocenters. The van der Waals surface area contributed by atoms with Gasteiger partial charge in [0.05, 0.1) is 12.1 Å². The van der Waals surface area contributed by atoms with E-state index in [2.05, 4.69) is 0 Å². The van der Waals surface area contributed by atoms with Gasteiger partial charge in [-0.15, -0.1) is 0 Å².